The second-order valence-corrected chi connectivity index (χ2v) is 9.76. The summed E-state index contributed by atoms with van der Waals surface area (Å²) in [5, 5.41) is 20.0. The van der Waals surface area contributed by atoms with Crippen molar-refractivity contribution in [2.75, 3.05) is 12.5 Å². The van der Waals surface area contributed by atoms with Crippen LogP contribution in [0.3, 0.4) is 0 Å². The third-order valence-corrected chi connectivity index (χ3v) is 7.02. The predicted octanol–water partition coefficient (Wildman–Crippen LogP) is -2.20. The zero-order valence-electron chi connectivity index (χ0n) is 13.3. The van der Waals surface area contributed by atoms with E-state index in [0.29, 0.717) is 0 Å². The molecule has 1 aromatic rings. The van der Waals surface area contributed by atoms with Gasteiger partial charge in [-0.2, -0.15) is 0 Å². The molecule has 13 nitrogen and oxygen atoms in total. The monoisotopic (exact) mass is 416 g/mol. The highest BCUT2D eigenvalue weighted by molar-refractivity contribution is 7.70. The second-order valence-electron chi connectivity index (χ2n) is 5.76. The minimum Gasteiger partial charge on any atom is -0.387 e. The summed E-state index contributed by atoms with van der Waals surface area (Å²) in [4.78, 5) is 52.1. The molecular weight excluding hydrogens is 398 g/mol. The largest absolute Gasteiger partial charge is 0.387 e. The number of H-pyrrole nitrogens is 1. The number of aliphatic hydroxyl groups is 2. The minimum atomic E-state index is -4.82. The van der Waals surface area contributed by atoms with Crippen molar-refractivity contribution in [3.63, 3.8) is 0 Å². The molecule has 0 radical (unpaired) electrons. The van der Waals surface area contributed by atoms with E-state index in [2.05, 4.69) is 4.52 Å². The van der Waals surface area contributed by atoms with Crippen LogP contribution in [0.4, 0.5) is 0 Å². The van der Waals surface area contributed by atoms with Gasteiger partial charge in [0, 0.05) is 11.8 Å². The molecule has 1 aliphatic heterocycles. The first-order valence-corrected chi connectivity index (χ1v) is 10.7. The predicted molar refractivity (Wildman–Crippen MR) is 84.7 cm³/mol. The number of aromatic nitrogens is 2. The van der Waals surface area contributed by atoms with E-state index in [9.17, 15) is 33.8 Å². The van der Waals surface area contributed by atoms with Crippen LogP contribution in [-0.4, -0.2) is 65.3 Å². The van der Waals surface area contributed by atoms with E-state index in [1.165, 1.54) is 6.92 Å². The Morgan fingerprint density at radius 2 is 1.85 bits per heavy atom. The fourth-order valence-corrected chi connectivity index (χ4v) is 4.90. The number of nitrogens with zero attached hydrogens (tertiary/aromatic N) is 1. The van der Waals surface area contributed by atoms with Gasteiger partial charge in [0.05, 0.1) is 6.61 Å². The number of rotatable bonds is 6. The lowest BCUT2D eigenvalue weighted by Gasteiger charge is -2.18. The normalized spacial score (nSPS) is 28.8. The summed E-state index contributed by atoms with van der Waals surface area (Å²) in [6, 6.07) is 0. The molecule has 1 aromatic heterocycles. The summed E-state index contributed by atoms with van der Waals surface area (Å²) >= 11 is 0. The van der Waals surface area contributed by atoms with E-state index in [0.717, 1.165) is 10.8 Å². The summed E-state index contributed by atoms with van der Waals surface area (Å²) < 4.78 is 33.0. The van der Waals surface area contributed by atoms with Gasteiger partial charge in [-0.25, -0.2) is 4.79 Å². The number of nitrogens with one attached hydrogen (secondary N) is 1. The average molecular weight is 416 g/mol. The summed E-state index contributed by atoms with van der Waals surface area (Å²) in [6.45, 7) is 0.622. The number of hydrogen-bond donors (Lipinski definition) is 6. The third kappa shape index (κ3) is 4.97. The summed E-state index contributed by atoms with van der Waals surface area (Å²) in [5.41, 5.74) is -1.42. The van der Waals surface area contributed by atoms with Crippen LogP contribution in [-0.2, 0) is 18.4 Å². The minimum absolute atomic E-state index is 0.135. The first-order chi connectivity index (χ1) is 11.8. The molecule has 6 N–H and O–H groups in total. The van der Waals surface area contributed by atoms with Gasteiger partial charge in [0.2, 0.25) is 0 Å². The molecule has 0 aliphatic carbocycles. The first kappa shape index (κ1) is 21.2. The van der Waals surface area contributed by atoms with Gasteiger partial charge in [0.15, 0.2) is 12.1 Å². The molecule has 3 unspecified atom stereocenters. The molecule has 1 aliphatic rings. The fraction of sp³-hybridized carbons (Fsp3) is 0.636. The molecule has 26 heavy (non-hydrogen) atoms. The molecule has 0 aromatic carbocycles. The van der Waals surface area contributed by atoms with Crippen LogP contribution in [0, 0.1) is 6.92 Å². The van der Waals surface area contributed by atoms with E-state index in [1.54, 1.807) is 0 Å². The smallest absolute Gasteiger partial charge is 0.340 e. The Bertz CT molecular complexity index is 874. The van der Waals surface area contributed by atoms with Crippen molar-refractivity contribution in [1.82, 2.24) is 9.55 Å². The van der Waals surface area contributed by atoms with E-state index in [1.807, 2.05) is 4.98 Å². The quantitative estimate of drug-likeness (QED) is 0.274. The van der Waals surface area contributed by atoms with Gasteiger partial charge in [-0.15, -0.1) is 0 Å². The number of ether oxygens (including phenoxy) is 1. The molecule has 2 heterocycles. The first-order valence-electron chi connectivity index (χ1n) is 7.15. The molecule has 148 valence electrons. The van der Waals surface area contributed by atoms with Crippen LogP contribution in [0.2, 0.25) is 0 Å². The molecule has 1 fully saturated rings. The molecule has 0 bridgehead atoms. The molecule has 1 saturated heterocycles. The molecular formula is C11H18N2O11P2. The molecule has 0 amide bonds. The van der Waals surface area contributed by atoms with Crippen LogP contribution in [0.1, 0.15) is 11.8 Å². The second kappa shape index (κ2) is 7.47. The Balaban J connectivity index is 2.14. The van der Waals surface area contributed by atoms with Crippen LogP contribution >= 0.6 is 15.2 Å². The van der Waals surface area contributed by atoms with E-state index >= 15 is 0 Å². The lowest BCUT2D eigenvalue weighted by molar-refractivity contribution is -0.0525. The highest BCUT2D eigenvalue weighted by Crippen LogP contribution is 2.55. The Kier molecular flexibility index (Phi) is 6.08. The van der Waals surface area contributed by atoms with Crippen molar-refractivity contribution in [3.8, 4) is 0 Å². The molecule has 0 spiro atoms. The number of aryl methyl sites for hydroxylation is 1. The van der Waals surface area contributed by atoms with Crippen LogP contribution in [0.15, 0.2) is 15.8 Å². The number of aliphatic hydroxyl groups excluding tert-OH is 2. The van der Waals surface area contributed by atoms with Gasteiger partial charge in [0.25, 0.3) is 5.56 Å². The number of aromatic amines is 1. The van der Waals surface area contributed by atoms with Crippen molar-refractivity contribution in [1.29, 1.82) is 0 Å². The van der Waals surface area contributed by atoms with Crippen molar-refractivity contribution >= 4 is 15.2 Å². The Morgan fingerprint density at radius 3 is 2.42 bits per heavy atom. The topological polar surface area (TPSA) is 209 Å². The summed E-state index contributed by atoms with van der Waals surface area (Å²) in [6.07, 6.45) is -4.94. The standard InChI is InChI=1S/C11H18N2O11P2/c1-5-2-13(11(17)12-9(5)16)10-8(15)7(14)6(24-10)3-23-26(21,22)4-25(18,19)20/h2,6-8,10,14-15H,3-4H2,1H3,(H,21,22)(H,12,16,17)(H2,18,19,20)/t6-,7?,8?,10-/m1/s1. The van der Waals surface area contributed by atoms with E-state index in [4.69, 9.17) is 14.5 Å². The maximum Gasteiger partial charge on any atom is 0.340 e. The van der Waals surface area contributed by atoms with Gasteiger partial charge in [-0.3, -0.25) is 23.5 Å². The van der Waals surface area contributed by atoms with Gasteiger partial charge in [-0.1, -0.05) is 0 Å². The van der Waals surface area contributed by atoms with Crippen molar-refractivity contribution in [3.05, 3.63) is 32.6 Å². The van der Waals surface area contributed by atoms with Crippen molar-refractivity contribution in [2.24, 2.45) is 0 Å². The lowest BCUT2D eigenvalue weighted by Crippen LogP contribution is -2.38. The van der Waals surface area contributed by atoms with Crippen molar-refractivity contribution in [2.45, 2.75) is 31.5 Å². The van der Waals surface area contributed by atoms with Crippen LogP contribution in [0.25, 0.3) is 0 Å². The maximum atomic E-state index is 11.8. The van der Waals surface area contributed by atoms with Gasteiger partial charge in [0.1, 0.15) is 18.3 Å². The summed E-state index contributed by atoms with van der Waals surface area (Å²) in [7, 11) is -9.50. The SMILES string of the molecule is Cc1cn([C@@H]2O[C@H](COP(=O)(O)CP(=O)(O)O)C(O)C2O)c(=O)[nH]c1=O. The zero-order chi connectivity index (χ0) is 19.9. The van der Waals surface area contributed by atoms with E-state index in [-0.39, 0.29) is 5.56 Å². The Labute approximate surface area is 145 Å². The highest BCUT2D eigenvalue weighted by atomic mass is 31.2. The maximum absolute atomic E-state index is 11.8. The van der Waals surface area contributed by atoms with Crippen LogP contribution in [0.5, 0.6) is 0 Å². The Morgan fingerprint density at radius 1 is 1.23 bits per heavy atom. The van der Waals surface area contributed by atoms with Gasteiger partial charge in [-0.05, 0) is 6.92 Å². The Hall–Kier alpha value is -1.14. The molecule has 5 atom stereocenters. The number of hydrogen-bond acceptors (Lipinski definition) is 8. The highest BCUT2D eigenvalue weighted by Gasteiger charge is 2.45. The van der Waals surface area contributed by atoms with Gasteiger partial charge >= 0.3 is 20.9 Å². The zero-order valence-corrected chi connectivity index (χ0v) is 15.1. The molecule has 15 heteroatoms. The summed E-state index contributed by atoms with van der Waals surface area (Å²) in [5.74, 6) is -1.42. The van der Waals surface area contributed by atoms with E-state index < -0.39 is 63.5 Å². The average Bonchev–Trinajstić information content (AvgIpc) is 2.75. The lowest BCUT2D eigenvalue weighted by atomic mass is 10.1. The van der Waals surface area contributed by atoms with Crippen molar-refractivity contribution < 1.29 is 43.3 Å². The molecule has 2 rings (SSSR count). The fourth-order valence-electron chi connectivity index (χ4n) is 2.34. The van der Waals surface area contributed by atoms with Crippen LogP contribution < -0.4 is 11.2 Å². The molecule has 0 saturated carbocycles. The third-order valence-electron chi connectivity index (χ3n) is 3.56. The van der Waals surface area contributed by atoms with Gasteiger partial charge < -0.3 is 34.2 Å².